The molecule has 2 rings (SSSR count). The molecule has 0 radical (unpaired) electrons. The van der Waals surface area contributed by atoms with Gasteiger partial charge in [0.05, 0.1) is 10.5 Å². The van der Waals surface area contributed by atoms with Crippen molar-refractivity contribution in [2.24, 2.45) is 12.2 Å². The van der Waals surface area contributed by atoms with Gasteiger partial charge >= 0.3 is 0 Å². The van der Waals surface area contributed by atoms with Crippen LogP contribution in [0.25, 0.3) is 0 Å². The van der Waals surface area contributed by atoms with Crippen LogP contribution in [0, 0.1) is 0 Å². The summed E-state index contributed by atoms with van der Waals surface area (Å²) in [5.41, 5.74) is 0.601. The summed E-state index contributed by atoms with van der Waals surface area (Å²) in [5.74, 6) is 0. The standard InChI is InChI=1S/C12H17ClN4O2S2/c1-3-17(8-10-4-5-11(13)20-10)7-9-6-15-16(2)12(9)21(14,18)19/h4-6H,3,7-8H2,1-2H3,(H2,14,18,19). The second kappa shape index (κ2) is 6.45. The number of primary sulfonamides is 1. The van der Waals surface area contributed by atoms with Crippen LogP contribution in [0.2, 0.25) is 4.34 Å². The van der Waals surface area contributed by atoms with Gasteiger partial charge in [0.2, 0.25) is 0 Å². The van der Waals surface area contributed by atoms with Crippen molar-refractivity contribution in [3.05, 3.63) is 33.1 Å². The summed E-state index contributed by atoms with van der Waals surface area (Å²) in [5, 5.41) is 9.31. The normalized spacial score (nSPS) is 12.2. The molecule has 0 fully saturated rings. The zero-order chi connectivity index (χ0) is 15.6. The molecule has 2 aromatic rings. The van der Waals surface area contributed by atoms with Gasteiger partial charge in [-0.2, -0.15) is 5.10 Å². The van der Waals surface area contributed by atoms with Gasteiger partial charge in [0.1, 0.15) is 0 Å². The van der Waals surface area contributed by atoms with Gasteiger partial charge in [-0.25, -0.2) is 13.6 Å². The van der Waals surface area contributed by atoms with Crippen LogP contribution in [0.3, 0.4) is 0 Å². The highest BCUT2D eigenvalue weighted by molar-refractivity contribution is 7.89. The first-order chi connectivity index (χ1) is 9.81. The maximum Gasteiger partial charge on any atom is 0.255 e. The molecule has 0 unspecified atom stereocenters. The van der Waals surface area contributed by atoms with Crippen molar-refractivity contribution in [2.45, 2.75) is 25.0 Å². The Bertz CT molecular complexity index is 723. The number of hydrogen-bond acceptors (Lipinski definition) is 5. The van der Waals surface area contributed by atoms with Crippen LogP contribution in [0.4, 0.5) is 0 Å². The van der Waals surface area contributed by atoms with E-state index in [1.165, 1.54) is 16.0 Å². The van der Waals surface area contributed by atoms with Crippen molar-refractivity contribution in [1.82, 2.24) is 14.7 Å². The van der Waals surface area contributed by atoms with Crippen molar-refractivity contribution < 1.29 is 8.42 Å². The van der Waals surface area contributed by atoms with E-state index in [4.69, 9.17) is 16.7 Å². The van der Waals surface area contributed by atoms with Crippen LogP contribution in [0.5, 0.6) is 0 Å². The average Bonchev–Trinajstić information content (AvgIpc) is 2.94. The van der Waals surface area contributed by atoms with Crippen LogP contribution < -0.4 is 5.14 Å². The summed E-state index contributed by atoms with van der Waals surface area (Å²) in [4.78, 5) is 3.23. The second-order valence-electron chi connectivity index (χ2n) is 4.65. The fourth-order valence-electron chi connectivity index (χ4n) is 2.12. The van der Waals surface area contributed by atoms with Gasteiger partial charge < -0.3 is 0 Å². The number of aromatic nitrogens is 2. The summed E-state index contributed by atoms with van der Waals surface area (Å²) in [6, 6.07) is 3.83. The lowest BCUT2D eigenvalue weighted by molar-refractivity contribution is 0.271. The Hall–Kier alpha value is -0.930. The smallest absolute Gasteiger partial charge is 0.255 e. The average molecular weight is 349 g/mol. The van der Waals surface area contributed by atoms with Gasteiger partial charge in [0, 0.05) is 30.6 Å². The molecule has 6 nitrogen and oxygen atoms in total. The molecule has 2 heterocycles. The summed E-state index contributed by atoms with van der Waals surface area (Å²) in [7, 11) is -2.22. The van der Waals surface area contributed by atoms with Crippen LogP contribution >= 0.6 is 22.9 Å². The van der Waals surface area contributed by atoms with E-state index in [0.29, 0.717) is 18.7 Å². The number of halogens is 1. The van der Waals surface area contributed by atoms with Gasteiger partial charge in [-0.15, -0.1) is 11.3 Å². The maximum atomic E-state index is 11.7. The van der Waals surface area contributed by atoms with Gasteiger partial charge in [0.15, 0.2) is 5.03 Å². The van der Waals surface area contributed by atoms with E-state index in [1.54, 1.807) is 13.2 Å². The predicted octanol–water partition coefficient (Wildman–Crippen LogP) is 1.80. The highest BCUT2D eigenvalue weighted by Crippen LogP contribution is 2.24. The summed E-state index contributed by atoms with van der Waals surface area (Å²) in [6.45, 7) is 3.95. The lowest BCUT2D eigenvalue weighted by atomic mass is 10.3. The van der Waals surface area contributed by atoms with Gasteiger partial charge in [-0.1, -0.05) is 18.5 Å². The number of hydrogen-bond donors (Lipinski definition) is 1. The lowest BCUT2D eigenvalue weighted by Gasteiger charge is -2.19. The minimum absolute atomic E-state index is 0.0603. The first-order valence-corrected chi connectivity index (χ1v) is 9.05. The molecule has 116 valence electrons. The van der Waals surface area contributed by atoms with Gasteiger partial charge in [-0.05, 0) is 18.7 Å². The number of rotatable bonds is 6. The molecule has 0 saturated carbocycles. The first-order valence-electron chi connectivity index (χ1n) is 6.31. The molecule has 0 aliphatic carbocycles. The molecule has 2 N–H and O–H groups in total. The SMILES string of the molecule is CCN(Cc1ccc(Cl)s1)Cc1cnn(C)c1S(N)(=O)=O. The van der Waals surface area contributed by atoms with Gasteiger partial charge in [0.25, 0.3) is 10.0 Å². The van der Waals surface area contributed by atoms with E-state index in [9.17, 15) is 8.42 Å². The van der Waals surface area contributed by atoms with Crippen LogP contribution in [-0.2, 0) is 30.2 Å². The number of nitrogens with zero attached hydrogens (tertiary/aromatic N) is 3. The molecule has 0 aliphatic heterocycles. The highest BCUT2D eigenvalue weighted by atomic mass is 35.5. The monoisotopic (exact) mass is 348 g/mol. The molecule has 0 amide bonds. The van der Waals surface area contributed by atoms with Crippen LogP contribution in [-0.4, -0.2) is 29.6 Å². The third-order valence-electron chi connectivity index (χ3n) is 3.07. The molecule has 0 saturated heterocycles. The van der Waals surface area contributed by atoms with Crippen molar-refractivity contribution in [2.75, 3.05) is 6.54 Å². The number of aryl methyl sites for hydroxylation is 1. The Morgan fingerprint density at radius 1 is 1.43 bits per heavy atom. The minimum Gasteiger partial charge on any atom is -0.294 e. The zero-order valence-electron chi connectivity index (χ0n) is 11.8. The molecule has 9 heteroatoms. The molecule has 2 aromatic heterocycles. The Morgan fingerprint density at radius 3 is 2.67 bits per heavy atom. The number of sulfonamides is 1. The second-order valence-corrected chi connectivity index (χ2v) is 7.93. The molecular formula is C12H17ClN4O2S2. The van der Waals surface area contributed by atoms with Gasteiger partial charge in [-0.3, -0.25) is 9.58 Å². The summed E-state index contributed by atoms with van der Waals surface area (Å²) < 4.78 is 25.3. The molecule has 0 aliphatic rings. The Kier molecular flexibility index (Phi) is 5.05. The number of thiophene rings is 1. The van der Waals surface area contributed by atoms with Crippen molar-refractivity contribution in [3.8, 4) is 0 Å². The maximum absolute atomic E-state index is 11.7. The fraction of sp³-hybridized carbons (Fsp3) is 0.417. The van der Waals surface area contributed by atoms with Crippen molar-refractivity contribution in [3.63, 3.8) is 0 Å². The van der Waals surface area contributed by atoms with Crippen LogP contribution in [0.15, 0.2) is 23.4 Å². The van der Waals surface area contributed by atoms with Crippen molar-refractivity contribution in [1.29, 1.82) is 0 Å². The molecule has 0 atom stereocenters. The Labute approximate surface area is 133 Å². The van der Waals surface area contributed by atoms with E-state index >= 15 is 0 Å². The predicted molar refractivity (Wildman–Crippen MR) is 83.7 cm³/mol. The zero-order valence-corrected chi connectivity index (χ0v) is 14.2. The Morgan fingerprint density at radius 2 is 2.14 bits per heavy atom. The Balaban J connectivity index is 2.20. The molecular weight excluding hydrogens is 332 g/mol. The largest absolute Gasteiger partial charge is 0.294 e. The fourth-order valence-corrected chi connectivity index (χ4v) is 4.15. The van der Waals surface area contributed by atoms with Crippen molar-refractivity contribution >= 4 is 33.0 Å². The summed E-state index contributed by atoms with van der Waals surface area (Å²) >= 11 is 7.44. The molecule has 21 heavy (non-hydrogen) atoms. The molecule has 0 aromatic carbocycles. The summed E-state index contributed by atoms with van der Waals surface area (Å²) in [6.07, 6.45) is 1.55. The molecule has 0 spiro atoms. The van der Waals surface area contributed by atoms with Crippen LogP contribution in [0.1, 0.15) is 17.4 Å². The molecule has 0 bridgehead atoms. The van der Waals surface area contributed by atoms with E-state index in [1.807, 2.05) is 19.1 Å². The van der Waals surface area contributed by atoms with E-state index in [2.05, 4.69) is 10.00 Å². The lowest BCUT2D eigenvalue weighted by Crippen LogP contribution is -2.24. The van der Waals surface area contributed by atoms with E-state index in [0.717, 1.165) is 15.8 Å². The highest BCUT2D eigenvalue weighted by Gasteiger charge is 2.21. The third-order valence-corrected chi connectivity index (χ3v) is 5.36. The topological polar surface area (TPSA) is 81.2 Å². The van der Waals surface area contributed by atoms with E-state index in [-0.39, 0.29) is 5.03 Å². The minimum atomic E-state index is -3.79. The number of nitrogens with two attached hydrogens (primary N) is 1. The first kappa shape index (κ1) is 16.4. The third kappa shape index (κ3) is 4.04. The quantitative estimate of drug-likeness (QED) is 0.863. The van der Waals surface area contributed by atoms with E-state index < -0.39 is 10.0 Å².